The number of halogens is 1. The van der Waals surface area contributed by atoms with Crippen molar-refractivity contribution >= 4 is 28.5 Å². The molecule has 0 saturated carbocycles. The molecule has 0 bridgehead atoms. The van der Waals surface area contributed by atoms with Crippen LogP contribution in [0.3, 0.4) is 0 Å². The molecule has 2 atom stereocenters. The van der Waals surface area contributed by atoms with Crippen molar-refractivity contribution in [3.8, 4) is 0 Å². The third-order valence-electron chi connectivity index (χ3n) is 3.21. The van der Waals surface area contributed by atoms with Crippen molar-refractivity contribution in [3.05, 3.63) is 46.0 Å². The van der Waals surface area contributed by atoms with Crippen LogP contribution in [0.4, 0.5) is 0 Å². The monoisotopic (exact) mass is 292 g/mol. The molecule has 88 valence electrons. The van der Waals surface area contributed by atoms with Gasteiger partial charge in [0.2, 0.25) is 0 Å². The number of hydrogen-bond acceptors (Lipinski definition) is 2. The van der Waals surface area contributed by atoms with Crippen molar-refractivity contribution in [3.63, 3.8) is 0 Å². The first-order valence-corrected chi connectivity index (χ1v) is 6.41. The Morgan fingerprint density at radius 1 is 1.18 bits per heavy atom. The van der Waals surface area contributed by atoms with Crippen LogP contribution >= 0.6 is 15.9 Å². The van der Waals surface area contributed by atoms with Gasteiger partial charge in [-0.2, -0.15) is 0 Å². The molecule has 3 heteroatoms. The molecule has 2 nitrogen and oxygen atoms in total. The minimum atomic E-state index is -0.0821. The largest absolute Gasteiger partial charge is 0.303 e. The summed E-state index contributed by atoms with van der Waals surface area (Å²) in [5.41, 5.74) is 1.76. The number of rotatable bonds is 3. The fraction of sp³-hybridized carbons (Fsp3) is 0.286. The Morgan fingerprint density at radius 2 is 1.88 bits per heavy atom. The van der Waals surface area contributed by atoms with E-state index in [-0.39, 0.29) is 11.8 Å². The van der Waals surface area contributed by atoms with Crippen LogP contribution in [-0.4, -0.2) is 12.6 Å². The van der Waals surface area contributed by atoms with E-state index in [1.165, 1.54) is 0 Å². The lowest BCUT2D eigenvalue weighted by molar-refractivity contribution is -0.112. The molecule has 0 saturated heterocycles. The molecular formula is C14H13BrO2. The van der Waals surface area contributed by atoms with Gasteiger partial charge >= 0.3 is 0 Å². The van der Waals surface area contributed by atoms with E-state index in [1.807, 2.05) is 30.3 Å². The average molecular weight is 293 g/mol. The molecule has 1 aliphatic carbocycles. The van der Waals surface area contributed by atoms with Crippen LogP contribution in [0.1, 0.15) is 24.3 Å². The van der Waals surface area contributed by atoms with Gasteiger partial charge in [0, 0.05) is 16.3 Å². The van der Waals surface area contributed by atoms with E-state index in [0.717, 1.165) is 41.0 Å². The summed E-state index contributed by atoms with van der Waals surface area (Å²) in [7, 11) is 0. The van der Waals surface area contributed by atoms with E-state index in [4.69, 9.17) is 0 Å². The quantitative estimate of drug-likeness (QED) is 0.802. The van der Waals surface area contributed by atoms with Crippen molar-refractivity contribution in [2.24, 2.45) is 5.92 Å². The standard InChI is InChI=1S/C14H13BrO2/c15-13-6-4-10(5-7-13)14-11(8-16)2-1-3-12(14)9-17/h2,4-9,12,14H,1,3H2/t12-,14+/m0/s1. The first-order valence-electron chi connectivity index (χ1n) is 5.62. The summed E-state index contributed by atoms with van der Waals surface area (Å²) >= 11 is 3.38. The highest BCUT2D eigenvalue weighted by Crippen LogP contribution is 2.37. The molecular weight excluding hydrogens is 280 g/mol. The Labute approximate surface area is 109 Å². The second-order valence-corrected chi connectivity index (χ2v) is 5.14. The summed E-state index contributed by atoms with van der Waals surface area (Å²) in [5, 5.41) is 0. The molecule has 0 aromatic heterocycles. The molecule has 0 aliphatic heterocycles. The lowest BCUT2D eigenvalue weighted by atomic mass is 9.75. The zero-order valence-electron chi connectivity index (χ0n) is 9.30. The number of carbonyl (C=O) groups is 2. The van der Waals surface area contributed by atoms with Gasteiger partial charge in [-0.1, -0.05) is 34.1 Å². The van der Waals surface area contributed by atoms with Crippen LogP contribution in [-0.2, 0) is 9.59 Å². The van der Waals surface area contributed by atoms with Crippen molar-refractivity contribution in [1.82, 2.24) is 0 Å². The summed E-state index contributed by atoms with van der Waals surface area (Å²) in [6.07, 6.45) is 5.43. The normalized spacial score (nSPS) is 23.9. The van der Waals surface area contributed by atoms with Crippen molar-refractivity contribution in [1.29, 1.82) is 0 Å². The number of aldehydes is 2. The second-order valence-electron chi connectivity index (χ2n) is 4.23. The third kappa shape index (κ3) is 2.55. The van der Waals surface area contributed by atoms with E-state index < -0.39 is 0 Å². The van der Waals surface area contributed by atoms with E-state index in [0.29, 0.717) is 0 Å². The summed E-state index contributed by atoms with van der Waals surface area (Å²) in [6.45, 7) is 0. The maximum absolute atomic E-state index is 11.1. The van der Waals surface area contributed by atoms with Crippen LogP contribution < -0.4 is 0 Å². The van der Waals surface area contributed by atoms with Crippen LogP contribution in [0.15, 0.2) is 40.4 Å². The molecule has 2 rings (SSSR count). The molecule has 0 heterocycles. The summed E-state index contributed by atoms with van der Waals surface area (Å²) in [4.78, 5) is 22.2. The smallest absolute Gasteiger partial charge is 0.146 e. The van der Waals surface area contributed by atoms with Gasteiger partial charge in [0.1, 0.15) is 12.6 Å². The minimum Gasteiger partial charge on any atom is -0.303 e. The second kappa shape index (κ2) is 5.41. The highest BCUT2D eigenvalue weighted by molar-refractivity contribution is 9.10. The predicted molar refractivity (Wildman–Crippen MR) is 69.8 cm³/mol. The summed E-state index contributed by atoms with van der Waals surface area (Å²) < 4.78 is 0.997. The first-order chi connectivity index (χ1) is 8.26. The molecule has 1 aromatic carbocycles. The van der Waals surface area contributed by atoms with E-state index in [1.54, 1.807) is 0 Å². The molecule has 0 fully saturated rings. The average Bonchev–Trinajstić information content (AvgIpc) is 2.38. The van der Waals surface area contributed by atoms with Crippen molar-refractivity contribution in [2.45, 2.75) is 18.8 Å². The summed E-state index contributed by atoms with van der Waals surface area (Å²) in [6, 6.07) is 7.81. The van der Waals surface area contributed by atoms with Gasteiger partial charge in [-0.3, -0.25) is 4.79 Å². The fourth-order valence-corrected chi connectivity index (χ4v) is 2.63. The lowest BCUT2D eigenvalue weighted by Crippen LogP contribution is -2.20. The fourth-order valence-electron chi connectivity index (χ4n) is 2.36. The van der Waals surface area contributed by atoms with Gasteiger partial charge < -0.3 is 4.79 Å². The Hall–Kier alpha value is -1.22. The van der Waals surface area contributed by atoms with Gasteiger partial charge in [0.15, 0.2) is 0 Å². The Kier molecular flexibility index (Phi) is 3.89. The van der Waals surface area contributed by atoms with E-state index in [9.17, 15) is 9.59 Å². The number of benzene rings is 1. The molecule has 17 heavy (non-hydrogen) atoms. The van der Waals surface area contributed by atoms with Gasteiger partial charge in [-0.15, -0.1) is 0 Å². The number of carbonyl (C=O) groups excluding carboxylic acids is 2. The number of hydrogen-bond donors (Lipinski definition) is 0. The Bertz CT molecular complexity index is 448. The molecule has 0 amide bonds. The van der Waals surface area contributed by atoms with Gasteiger partial charge in [-0.05, 0) is 36.1 Å². The van der Waals surface area contributed by atoms with Crippen LogP contribution in [0.5, 0.6) is 0 Å². The maximum Gasteiger partial charge on any atom is 0.146 e. The van der Waals surface area contributed by atoms with Gasteiger partial charge in [-0.25, -0.2) is 0 Å². The van der Waals surface area contributed by atoms with Crippen LogP contribution in [0.25, 0.3) is 0 Å². The highest BCUT2D eigenvalue weighted by atomic mass is 79.9. The zero-order valence-corrected chi connectivity index (χ0v) is 10.9. The highest BCUT2D eigenvalue weighted by Gasteiger charge is 2.28. The minimum absolute atomic E-state index is 0.0770. The molecule has 0 spiro atoms. The summed E-state index contributed by atoms with van der Waals surface area (Å²) in [5.74, 6) is -0.159. The molecule has 0 radical (unpaired) electrons. The predicted octanol–water partition coefficient (Wildman–Crippen LogP) is 3.27. The topological polar surface area (TPSA) is 34.1 Å². The third-order valence-corrected chi connectivity index (χ3v) is 3.74. The maximum atomic E-state index is 11.1. The molecule has 0 unspecified atom stereocenters. The van der Waals surface area contributed by atoms with Crippen molar-refractivity contribution < 1.29 is 9.59 Å². The first kappa shape index (κ1) is 12.2. The Morgan fingerprint density at radius 3 is 2.47 bits per heavy atom. The Balaban J connectivity index is 2.40. The van der Waals surface area contributed by atoms with Crippen LogP contribution in [0.2, 0.25) is 0 Å². The molecule has 1 aliphatic rings. The number of allylic oxidation sites excluding steroid dienone is 2. The van der Waals surface area contributed by atoms with Gasteiger partial charge in [0.05, 0.1) is 0 Å². The zero-order chi connectivity index (χ0) is 12.3. The van der Waals surface area contributed by atoms with E-state index in [2.05, 4.69) is 15.9 Å². The van der Waals surface area contributed by atoms with Crippen molar-refractivity contribution in [2.75, 3.05) is 0 Å². The lowest BCUT2D eigenvalue weighted by Gasteiger charge is -2.27. The molecule has 1 aromatic rings. The SMILES string of the molecule is O=CC1=CCC[C@@H](C=O)[C@@H]1c1ccc(Br)cc1. The van der Waals surface area contributed by atoms with Crippen LogP contribution in [0, 0.1) is 5.92 Å². The van der Waals surface area contributed by atoms with Gasteiger partial charge in [0.25, 0.3) is 0 Å². The molecule has 0 N–H and O–H groups in total. The van der Waals surface area contributed by atoms with E-state index >= 15 is 0 Å².